The number of anilines is 1. The molecule has 1 aliphatic rings. The second-order valence-corrected chi connectivity index (χ2v) is 6.54. The van der Waals surface area contributed by atoms with Crippen molar-refractivity contribution in [3.8, 4) is 0 Å². The number of halogens is 2. The molecule has 0 saturated heterocycles. The molecule has 3 rings (SSSR count). The highest BCUT2D eigenvalue weighted by molar-refractivity contribution is 14.0. The van der Waals surface area contributed by atoms with Crippen molar-refractivity contribution in [1.29, 1.82) is 0 Å². The van der Waals surface area contributed by atoms with Gasteiger partial charge < -0.3 is 15.5 Å². The molecule has 0 aliphatic carbocycles. The van der Waals surface area contributed by atoms with Gasteiger partial charge in [0.15, 0.2) is 5.96 Å². The summed E-state index contributed by atoms with van der Waals surface area (Å²) in [4.78, 5) is 7.03. The normalized spacial score (nSPS) is 13.4. The summed E-state index contributed by atoms with van der Waals surface area (Å²) in [5.74, 6) is 0.599. The molecule has 0 aromatic heterocycles. The van der Waals surface area contributed by atoms with Crippen molar-refractivity contribution >= 4 is 35.6 Å². The largest absolute Gasteiger partial charge is 0.364 e. The molecule has 0 bridgehead atoms. The molecule has 0 unspecified atom stereocenters. The fraction of sp³-hybridized carbons (Fsp3) is 0.318. The lowest BCUT2D eigenvalue weighted by Crippen LogP contribution is -2.38. The lowest BCUT2D eigenvalue weighted by molar-refractivity contribution is 0.626. The SMILES string of the molecule is CCNC(=NCc1cccc(N2CC=CC2)c1)NCCc1ccc(F)cc1.I. The van der Waals surface area contributed by atoms with Crippen LogP contribution in [0.5, 0.6) is 0 Å². The van der Waals surface area contributed by atoms with Crippen molar-refractivity contribution in [2.45, 2.75) is 19.9 Å². The van der Waals surface area contributed by atoms with Gasteiger partial charge in [-0.2, -0.15) is 0 Å². The maximum Gasteiger partial charge on any atom is 0.191 e. The molecule has 6 heteroatoms. The van der Waals surface area contributed by atoms with E-state index < -0.39 is 0 Å². The lowest BCUT2D eigenvalue weighted by atomic mass is 10.1. The molecule has 0 fully saturated rings. The number of guanidine groups is 1. The molecule has 0 amide bonds. The van der Waals surface area contributed by atoms with Crippen LogP contribution in [0.4, 0.5) is 10.1 Å². The standard InChI is InChI=1S/C22H27FN4.HI/c1-2-24-22(25-13-12-18-8-10-20(23)11-9-18)26-17-19-6-5-7-21(16-19)27-14-3-4-15-27;/h3-11,16H,2,12-15,17H2,1H3,(H2,24,25,26);1H. The molecule has 150 valence electrons. The van der Waals surface area contributed by atoms with Crippen LogP contribution in [0.25, 0.3) is 0 Å². The minimum atomic E-state index is -0.200. The number of hydrogen-bond donors (Lipinski definition) is 2. The molecule has 2 N–H and O–H groups in total. The van der Waals surface area contributed by atoms with E-state index in [2.05, 4.69) is 58.9 Å². The summed E-state index contributed by atoms with van der Waals surface area (Å²) in [5.41, 5.74) is 3.53. The van der Waals surface area contributed by atoms with E-state index in [4.69, 9.17) is 4.99 Å². The van der Waals surface area contributed by atoms with Crippen molar-refractivity contribution in [1.82, 2.24) is 10.6 Å². The van der Waals surface area contributed by atoms with E-state index in [1.165, 1.54) is 23.4 Å². The molecule has 28 heavy (non-hydrogen) atoms. The Hall–Kier alpha value is -2.09. The second kappa shape index (κ2) is 11.7. The Labute approximate surface area is 184 Å². The van der Waals surface area contributed by atoms with E-state index in [1.807, 2.05) is 12.1 Å². The van der Waals surface area contributed by atoms with Gasteiger partial charge in [-0.15, -0.1) is 24.0 Å². The van der Waals surface area contributed by atoms with E-state index in [-0.39, 0.29) is 29.8 Å². The summed E-state index contributed by atoms with van der Waals surface area (Å²) in [7, 11) is 0. The highest BCUT2D eigenvalue weighted by atomic mass is 127. The van der Waals surface area contributed by atoms with Crippen LogP contribution in [-0.2, 0) is 13.0 Å². The maximum atomic E-state index is 13.0. The Morgan fingerprint density at radius 3 is 2.50 bits per heavy atom. The zero-order chi connectivity index (χ0) is 18.9. The summed E-state index contributed by atoms with van der Waals surface area (Å²) in [6, 6.07) is 15.2. The predicted molar refractivity (Wildman–Crippen MR) is 126 cm³/mol. The summed E-state index contributed by atoms with van der Waals surface area (Å²) < 4.78 is 13.0. The fourth-order valence-electron chi connectivity index (χ4n) is 3.03. The zero-order valence-corrected chi connectivity index (χ0v) is 18.5. The van der Waals surface area contributed by atoms with Gasteiger partial charge >= 0.3 is 0 Å². The van der Waals surface area contributed by atoms with Gasteiger partial charge in [-0.25, -0.2) is 9.38 Å². The highest BCUT2D eigenvalue weighted by Gasteiger charge is 2.07. The van der Waals surface area contributed by atoms with Gasteiger partial charge in [0.2, 0.25) is 0 Å². The van der Waals surface area contributed by atoms with Gasteiger partial charge in [-0.1, -0.05) is 36.4 Å². The van der Waals surface area contributed by atoms with Crippen LogP contribution in [0.1, 0.15) is 18.1 Å². The van der Waals surface area contributed by atoms with Crippen molar-refractivity contribution < 1.29 is 4.39 Å². The van der Waals surface area contributed by atoms with E-state index in [9.17, 15) is 4.39 Å². The average molecular weight is 494 g/mol. The minimum Gasteiger partial charge on any atom is -0.364 e. The van der Waals surface area contributed by atoms with Crippen LogP contribution in [0, 0.1) is 5.82 Å². The Balaban J connectivity index is 0.00000280. The first-order valence-electron chi connectivity index (χ1n) is 9.50. The summed E-state index contributed by atoms with van der Waals surface area (Å²) in [5, 5.41) is 6.62. The number of nitrogens with zero attached hydrogens (tertiary/aromatic N) is 2. The molecular weight excluding hydrogens is 466 g/mol. The molecule has 2 aromatic carbocycles. The number of aliphatic imine (C=N–C) groups is 1. The Bertz CT molecular complexity index is 781. The number of benzene rings is 2. The van der Waals surface area contributed by atoms with Gasteiger partial charge in [-0.3, -0.25) is 0 Å². The molecule has 1 heterocycles. The van der Waals surface area contributed by atoms with Crippen LogP contribution < -0.4 is 15.5 Å². The summed E-state index contributed by atoms with van der Waals surface area (Å²) in [6.45, 7) is 6.18. The van der Waals surface area contributed by atoms with Crippen LogP contribution >= 0.6 is 24.0 Å². The van der Waals surface area contributed by atoms with Crippen molar-refractivity contribution in [2.24, 2.45) is 4.99 Å². The second-order valence-electron chi connectivity index (χ2n) is 6.54. The molecule has 0 atom stereocenters. The quantitative estimate of drug-likeness (QED) is 0.264. The van der Waals surface area contributed by atoms with Crippen LogP contribution in [0.3, 0.4) is 0 Å². The molecule has 0 radical (unpaired) electrons. The Kier molecular flexibility index (Phi) is 9.27. The molecule has 1 aliphatic heterocycles. The zero-order valence-electron chi connectivity index (χ0n) is 16.2. The van der Waals surface area contributed by atoms with Gasteiger partial charge in [0, 0.05) is 31.9 Å². The van der Waals surface area contributed by atoms with Gasteiger partial charge in [0.05, 0.1) is 6.54 Å². The highest BCUT2D eigenvalue weighted by Crippen LogP contribution is 2.18. The first-order chi connectivity index (χ1) is 13.2. The third-order valence-electron chi connectivity index (χ3n) is 4.48. The Morgan fingerprint density at radius 1 is 1.04 bits per heavy atom. The van der Waals surface area contributed by atoms with Gasteiger partial charge in [-0.05, 0) is 48.7 Å². The average Bonchev–Trinajstić information content (AvgIpc) is 3.23. The van der Waals surface area contributed by atoms with Crippen LogP contribution in [-0.4, -0.2) is 32.1 Å². The predicted octanol–water partition coefficient (Wildman–Crippen LogP) is 4.12. The number of rotatable bonds is 7. The van der Waals surface area contributed by atoms with E-state index in [1.54, 1.807) is 0 Å². The number of hydrogen-bond acceptors (Lipinski definition) is 2. The third kappa shape index (κ3) is 6.82. The third-order valence-corrected chi connectivity index (χ3v) is 4.48. The van der Waals surface area contributed by atoms with E-state index in [0.29, 0.717) is 6.54 Å². The topological polar surface area (TPSA) is 39.7 Å². The van der Waals surface area contributed by atoms with Crippen LogP contribution in [0.2, 0.25) is 0 Å². The van der Waals surface area contributed by atoms with Gasteiger partial charge in [0.1, 0.15) is 5.82 Å². The van der Waals surface area contributed by atoms with E-state index in [0.717, 1.165) is 44.1 Å². The van der Waals surface area contributed by atoms with Crippen molar-refractivity contribution in [3.05, 3.63) is 77.6 Å². The van der Waals surface area contributed by atoms with Crippen molar-refractivity contribution in [2.75, 3.05) is 31.1 Å². The monoisotopic (exact) mass is 494 g/mol. The number of nitrogens with one attached hydrogen (secondary N) is 2. The first kappa shape index (κ1) is 22.2. The maximum absolute atomic E-state index is 13.0. The van der Waals surface area contributed by atoms with Crippen LogP contribution in [0.15, 0.2) is 65.7 Å². The summed E-state index contributed by atoms with van der Waals surface area (Å²) >= 11 is 0. The smallest absolute Gasteiger partial charge is 0.191 e. The first-order valence-corrected chi connectivity index (χ1v) is 9.50. The van der Waals surface area contributed by atoms with Gasteiger partial charge in [0.25, 0.3) is 0 Å². The summed E-state index contributed by atoms with van der Waals surface area (Å²) in [6.07, 6.45) is 5.21. The molecule has 0 saturated carbocycles. The molecule has 4 nitrogen and oxygen atoms in total. The fourth-order valence-corrected chi connectivity index (χ4v) is 3.03. The Morgan fingerprint density at radius 2 is 1.79 bits per heavy atom. The molecule has 0 spiro atoms. The van der Waals surface area contributed by atoms with E-state index >= 15 is 0 Å². The lowest BCUT2D eigenvalue weighted by Gasteiger charge is -2.18. The van der Waals surface area contributed by atoms with Crippen molar-refractivity contribution in [3.63, 3.8) is 0 Å². The molecular formula is C22H28FIN4. The molecule has 2 aromatic rings. The minimum absolute atomic E-state index is 0.